The number of carbonyl (C=O) groups is 1. The van der Waals surface area contributed by atoms with Crippen molar-refractivity contribution in [2.24, 2.45) is 5.84 Å². The van der Waals surface area contributed by atoms with Crippen LogP contribution in [0, 0.1) is 0 Å². The predicted octanol–water partition coefficient (Wildman–Crippen LogP) is 0.802. The van der Waals surface area contributed by atoms with E-state index >= 15 is 0 Å². The van der Waals surface area contributed by atoms with E-state index in [1.807, 2.05) is 6.26 Å². The molecule has 0 fully saturated rings. The number of carbonyl (C=O) groups excluding carboxylic acids is 1. The standard InChI is InChI=1S/C10H16N4OS/c1-14(5-6-16-2)10(15)9-7-8(13-11)3-4-12-9/h3-4,7H,5-6,11H2,1-2H3,(H,12,13). The molecule has 1 aromatic rings. The largest absolute Gasteiger partial charge is 0.340 e. The number of hydrogen-bond donors (Lipinski definition) is 2. The Kier molecular flexibility index (Phi) is 5.07. The molecule has 0 bridgehead atoms. The lowest BCUT2D eigenvalue weighted by atomic mass is 10.3. The lowest BCUT2D eigenvalue weighted by Crippen LogP contribution is -2.29. The van der Waals surface area contributed by atoms with Gasteiger partial charge in [-0.1, -0.05) is 0 Å². The topological polar surface area (TPSA) is 71.2 Å². The molecule has 0 aliphatic heterocycles. The van der Waals surface area contributed by atoms with Gasteiger partial charge in [0.1, 0.15) is 5.69 Å². The fourth-order valence-corrected chi connectivity index (χ4v) is 1.62. The van der Waals surface area contributed by atoms with Gasteiger partial charge in [0.15, 0.2) is 0 Å². The van der Waals surface area contributed by atoms with Crippen LogP contribution in [0.25, 0.3) is 0 Å². The summed E-state index contributed by atoms with van der Waals surface area (Å²) in [7, 11) is 1.77. The molecule has 0 saturated heterocycles. The van der Waals surface area contributed by atoms with Crippen molar-refractivity contribution in [2.45, 2.75) is 0 Å². The van der Waals surface area contributed by atoms with Crippen molar-refractivity contribution in [1.82, 2.24) is 9.88 Å². The van der Waals surface area contributed by atoms with Crippen LogP contribution in [0.5, 0.6) is 0 Å². The van der Waals surface area contributed by atoms with Gasteiger partial charge in [-0.15, -0.1) is 0 Å². The highest BCUT2D eigenvalue weighted by Gasteiger charge is 2.12. The SMILES string of the molecule is CSCCN(C)C(=O)c1cc(NN)ccn1. The van der Waals surface area contributed by atoms with E-state index in [0.717, 1.165) is 5.75 Å². The fraction of sp³-hybridized carbons (Fsp3) is 0.400. The number of pyridine rings is 1. The van der Waals surface area contributed by atoms with Crippen LogP contribution in [0.4, 0.5) is 5.69 Å². The highest BCUT2D eigenvalue weighted by Crippen LogP contribution is 2.08. The molecule has 88 valence electrons. The first-order valence-corrected chi connectivity index (χ1v) is 6.25. The number of nitrogens with zero attached hydrogens (tertiary/aromatic N) is 2. The molecule has 0 aliphatic rings. The molecule has 0 spiro atoms. The number of hydrogen-bond acceptors (Lipinski definition) is 5. The quantitative estimate of drug-likeness (QED) is 0.588. The van der Waals surface area contributed by atoms with E-state index in [1.54, 1.807) is 42.0 Å². The zero-order chi connectivity index (χ0) is 12.0. The van der Waals surface area contributed by atoms with Crippen LogP contribution >= 0.6 is 11.8 Å². The van der Waals surface area contributed by atoms with Crippen molar-refractivity contribution in [3.63, 3.8) is 0 Å². The van der Waals surface area contributed by atoms with Gasteiger partial charge in [0, 0.05) is 25.5 Å². The molecule has 0 aliphatic carbocycles. The van der Waals surface area contributed by atoms with Crippen LogP contribution in [0.3, 0.4) is 0 Å². The number of nitrogen functional groups attached to an aromatic ring is 1. The molecule has 1 amide bonds. The van der Waals surface area contributed by atoms with Crippen LogP contribution in [0.1, 0.15) is 10.5 Å². The lowest BCUT2D eigenvalue weighted by molar-refractivity contribution is 0.0798. The predicted molar refractivity (Wildman–Crippen MR) is 67.4 cm³/mol. The summed E-state index contributed by atoms with van der Waals surface area (Å²) in [4.78, 5) is 17.6. The molecule has 1 rings (SSSR count). The van der Waals surface area contributed by atoms with Crippen LogP contribution < -0.4 is 11.3 Å². The summed E-state index contributed by atoms with van der Waals surface area (Å²) >= 11 is 1.70. The maximum absolute atomic E-state index is 11.9. The molecule has 0 unspecified atom stereocenters. The van der Waals surface area contributed by atoms with Gasteiger partial charge in [-0.25, -0.2) is 0 Å². The first-order valence-electron chi connectivity index (χ1n) is 4.86. The van der Waals surface area contributed by atoms with E-state index in [1.165, 1.54) is 0 Å². The van der Waals surface area contributed by atoms with Gasteiger partial charge in [0.2, 0.25) is 0 Å². The third-order valence-corrected chi connectivity index (χ3v) is 2.71. The Morgan fingerprint density at radius 2 is 2.44 bits per heavy atom. The summed E-state index contributed by atoms with van der Waals surface area (Å²) < 4.78 is 0. The number of aromatic nitrogens is 1. The monoisotopic (exact) mass is 240 g/mol. The summed E-state index contributed by atoms with van der Waals surface area (Å²) in [6, 6.07) is 3.34. The average molecular weight is 240 g/mol. The maximum Gasteiger partial charge on any atom is 0.272 e. The van der Waals surface area contributed by atoms with E-state index in [2.05, 4.69) is 10.4 Å². The van der Waals surface area contributed by atoms with Crippen molar-refractivity contribution in [3.8, 4) is 0 Å². The molecule has 0 saturated carbocycles. The second-order valence-electron chi connectivity index (χ2n) is 3.29. The molecule has 0 radical (unpaired) electrons. The summed E-state index contributed by atoms with van der Waals surface area (Å²) in [5.41, 5.74) is 3.57. The zero-order valence-electron chi connectivity index (χ0n) is 9.43. The van der Waals surface area contributed by atoms with E-state index in [-0.39, 0.29) is 5.91 Å². The molecule has 3 N–H and O–H groups in total. The molecule has 1 aromatic heterocycles. The van der Waals surface area contributed by atoms with Crippen molar-refractivity contribution in [3.05, 3.63) is 24.0 Å². The van der Waals surface area contributed by atoms with Gasteiger partial charge in [0.05, 0.1) is 5.69 Å². The fourth-order valence-electron chi connectivity index (χ4n) is 1.16. The van der Waals surface area contributed by atoms with Gasteiger partial charge in [-0.05, 0) is 18.4 Å². The first kappa shape index (κ1) is 12.8. The van der Waals surface area contributed by atoms with Crippen LogP contribution in [-0.4, -0.2) is 41.4 Å². The Morgan fingerprint density at radius 3 is 3.06 bits per heavy atom. The van der Waals surface area contributed by atoms with Gasteiger partial charge >= 0.3 is 0 Å². The van der Waals surface area contributed by atoms with Gasteiger partial charge < -0.3 is 10.3 Å². The Labute approximate surface area is 99.4 Å². The Bertz CT molecular complexity index is 358. The van der Waals surface area contributed by atoms with E-state index < -0.39 is 0 Å². The highest BCUT2D eigenvalue weighted by molar-refractivity contribution is 7.98. The Hall–Kier alpha value is -1.27. The van der Waals surface area contributed by atoms with Crippen LogP contribution in [0.2, 0.25) is 0 Å². The third-order valence-electron chi connectivity index (χ3n) is 2.12. The Morgan fingerprint density at radius 1 is 1.69 bits per heavy atom. The second-order valence-corrected chi connectivity index (χ2v) is 4.28. The summed E-state index contributed by atoms with van der Waals surface area (Å²) in [6.45, 7) is 0.710. The number of anilines is 1. The van der Waals surface area contributed by atoms with Crippen molar-refractivity contribution in [2.75, 3.05) is 31.0 Å². The summed E-state index contributed by atoms with van der Waals surface area (Å²) in [5.74, 6) is 6.09. The minimum atomic E-state index is -0.0915. The number of rotatable bonds is 5. The summed E-state index contributed by atoms with van der Waals surface area (Å²) in [6.07, 6.45) is 3.57. The van der Waals surface area contributed by atoms with Crippen molar-refractivity contribution < 1.29 is 4.79 Å². The van der Waals surface area contributed by atoms with E-state index in [0.29, 0.717) is 17.9 Å². The number of thioether (sulfide) groups is 1. The highest BCUT2D eigenvalue weighted by atomic mass is 32.2. The van der Waals surface area contributed by atoms with Gasteiger partial charge in [0.25, 0.3) is 5.91 Å². The minimum absolute atomic E-state index is 0.0915. The number of hydrazine groups is 1. The normalized spacial score (nSPS) is 9.94. The van der Waals surface area contributed by atoms with Crippen molar-refractivity contribution >= 4 is 23.4 Å². The number of amides is 1. The molecule has 16 heavy (non-hydrogen) atoms. The molecule has 0 atom stereocenters. The van der Waals surface area contributed by atoms with Crippen LogP contribution in [-0.2, 0) is 0 Å². The maximum atomic E-state index is 11.9. The zero-order valence-corrected chi connectivity index (χ0v) is 10.3. The van der Waals surface area contributed by atoms with Crippen molar-refractivity contribution in [1.29, 1.82) is 0 Å². The molecular weight excluding hydrogens is 224 g/mol. The molecule has 5 nitrogen and oxygen atoms in total. The Balaban J connectivity index is 2.71. The molecule has 0 aromatic carbocycles. The van der Waals surface area contributed by atoms with Gasteiger partial charge in [-0.2, -0.15) is 11.8 Å². The average Bonchev–Trinajstić information content (AvgIpc) is 2.35. The van der Waals surface area contributed by atoms with E-state index in [9.17, 15) is 4.79 Å². The third kappa shape index (κ3) is 3.39. The lowest BCUT2D eigenvalue weighted by Gasteiger charge is -2.16. The summed E-state index contributed by atoms with van der Waals surface area (Å²) in [5, 5.41) is 0. The van der Waals surface area contributed by atoms with Gasteiger partial charge in [-0.3, -0.25) is 15.6 Å². The minimum Gasteiger partial charge on any atom is -0.340 e. The van der Waals surface area contributed by atoms with E-state index in [4.69, 9.17) is 5.84 Å². The van der Waals surface area contributed by atoms with Crippen LogP contribution in [0.15, 0.2) is 18.3 Å². The second kappa shape index (κ2) is 6.34. The molecular formula is C10H16N4OS. The molecule has 6 heteroatoms. The first-order chi connectivity index (χ1) is 7.69. The smallest absolute Gasteiger partial charge is 0.272 e. The number of nitrogens with one attached hydrogen (secondary N) is 1. The number of nitrogens with two attached hydrogens (primary N) is 1. The molecule has 1 heterocycles.